The monoisotopic (exact) mass is 272 g/mol. The van der Waals surface area contributed by atoms with Crippen LogP contribution in [-0.4, -0.2) is 33.1 Å². The number of hydrogen-bond donors (Lipinski definition) is 2. The number of hydrogen-bond acceptors (Lipinski definition) is 4. The van der Waals surface area contributed by atoms with Gasteiger partial charge in [0.2, 0.25) is 0 Å². The maximum Gasteiger partial charge on any atom is 0.253 e. The lowest BCUT2D eigenvalue weighted by atomic mass is 10.0. The van der Waals surface area contributed by atoms with E-state index in [0.29, 0.717) is 23.9 Å². The molecule has 1 saturated heterocycles. The Balaban J connectivity index is 1.89. The van der Waals surface area contributed by atoms with Crippen LogP contribution in [0.25, 0.3) is 0 Å². The maximum absolute atomic E-state index is 11.8. The summed E-state index contributed by atoms with van der Waals surface area (Å²) in [6.45, 7) is 0.357. The Labute approximate surface area is 109 Å². The molecule has 2 rings (SSSR count). The molecule has 0 radical (unpaired) electrons. The van der Waals surface area contributed by atoms with Crippen LogP contribution in [0.15, 0.2) is 18.3 Å². The summed E-state index contributed by atoms with van der Waals surface area (Å²) in [4.78, 5) is 15.7. The van der Waals surface area contributed by atoms with Crippen molar-refractivity contribution in [2.45, 2.75) is 18.6 Å². The number of pyridine rings is 1. The van der Waals surface area contributed by atoms with Gasteiger partial charge in [-0.25, -0.2) is 4.98 Å². The van der Waals surface area contributed by atoms with Crippen molar-refractivity contribution in [3.05, 3.63) is 29.0 Å². The van der Waals surface area contributed by atoms with E-state index in [-0.39, 0.29) is 5.91 Å². The molecule has 0 spiro atoms. The first-order chi connectivity index (χ1) is 8.10. The molecule has 1 aromatic rings. The first-order valence-electron chi connectivity index (χ1n) is 5.29. The second-order valence-electron chi connectivity index (χ2n) is 4.01. The SMILES string of the molecule is O=C(NCc1ccc(Cl)nc1)C1(O)CCSC1. The fourth-order valence-corrected chi connectivity index (χ4v) is 2.94. The quantitative estimate of drug-likeness (QED) is 0.812. The average Bonchev–Trinajstić information content (AvgIpc) is 2.76. The van der Waals surface area contributed by atoms with Gasteiger partial charge in [-0.05, 0) is 23.8 Å². The van der Waals surface area contributed by atoms with Crippen molar-refractivity contribution in [3.63, 3.8) is 0 Å². The second-order valence-corrected chi connectivity index (χ2v) is 5.50. The molecule has 0 saturated carbocycles. The van der Waals surface area contributed by atoms with E-state index in [4.69, 9.17) is 11.6 Å². The number of halogens is 1. The highest BCUT2D eigenvalue weighted by molar-refractivity contribution is 7.99. The van der Waals surface area contributed by atoms with Crippen LogP contribution >= 0.6 is 23.4 Å². The van der Waals surface area contributed by atoms with E-state index in [9.17, 15) is 9.90 Å². The van der Waals surface area contributed by atoms with Gasteiger partial charge in [0.1, 0.15) is 5.15 Å². The molecule has 0 aromatic carbocycles. The van der Waals surface area contributed by atoms with Crippen LogP contribution < -0.4 is 5.32 Å². The van der Waals surface area contributed by atoms with Gasteiger partial charge in [0.15, 0.2) is 5.60 Å². The third-order valence-corrected chi connectivity index (χ3v) is 4.06. The standard InChI is InChI=1S/C11H13ClN2O2S/c12-9-2-1-8(5-13-9)6-14-10(15)11(16)3-4-17-7-11/h1-2,5,16H,3-4,6-7H2,(H,14,15). The van der Waals surface area contributed by atoms with Gasteiger partial charge in [-0.3, -0.25) is 4.79 Å². The Bertz CT molecular complexity index is 404. The molecule has 1 atom stereocenters. The molecule has 1 amide bonds. The van der Waals surface area contributed by atoms with Crippen LogP contribution in [0.2, 0.25) is 5.15 Å². The predicted molar refractivity (Wildman–Crippen MR) is 68.0 cm³/mol. The zero-order valence-electron chi connectivity index (χ0n) is 9.15. The van der Waals surface area contributed by atoms with Crippen LogP contribution in [0, 0.1) is 0 Å². The summed E-state index contributed by atoms with van der Waals surface area (Å²) in [5, 5.41) is 13.1. The second kappa shape index (κ2) is 5.25. The van der Waals surface area contributed by atoms with Crippen LogP contribution in [0.5, 0.6) is 0 Å². The number of aliphatic hydroxyl groups is 1. The highest BCUT2D eigenvalue weighted by Gasteiger charge is 2.39. The largest absolute Gasteiger partial charge is 0.379 e. The van der Waals surface area contributed by atoms with Gasteiger partial charge in [0, 0.05) is 18.5 Å². The van der Waals surface area contributed by atoms with Crippen molar-refractivity contribution >= 4 is 29.3 Å². The zero-order valence-corrected chi connectivity index (χ0v) is 10.7. The summed E-state index contributed by atoms with van der Waals surface area (Å²) in [5.74, 6) is 0.988. The molecule has 1 aromatic heterocycles. The molecule has 2 N–H and O–H groups in total. The van der Waals surface area contributed by atoms with E-state index in [1.807, 2.05) is 0 Å². The molecule has 1 unspecified atom stereocenters. The number of rotatable bonds is 3. The first kappa shape index (κ1) is 12.7. The van der Waals surface area contributed by atoms with E-state index >= 15 is 0 Å². The highest BCUT2D eigenvalue weighted by atomic mass is 35.5. The van der Waals surface area contributed by atoms with E-state index in [2.05, 4.69) is 10.3 Å². The van der Waals surface area contributed by atoms with Gasteiger partial charge in [0.05, 0.1) is 0 Å². The van der Waals surface area contributed by atoms with E-state index < -0.39 is 5.60 Å². The van der Waals surface area contributed by atoms with Gasteiger partial charge >= 0.3 is 0 Å². The minimum Gasteiger partial charge on any atom is -0.379 e. The summed E-state index contributed by atoms with van der Waals surface area (Å²) >= 11 is 7.25. The van der Waals surface area contributed by atoms with Gasteiger partial charge in [-0.2, -0.15) is 11.8 Å². The van der Waals surface area contributed by atoms with Crippen LogP contribution in [0.3, 0.4) is 0 Å². The van der Waals surface area contributed by atoms with Crippen molar-refractivity contribution in [2.75, 3.05) is 11.5 Å². The Morgan fingerprint density at radius 3 is 3.06 bits per heavy atom. The number of aromatic nitrogens is 1. The Morgan fingerprint density at radius 1 is 1.65 bits per heavy atom. The molecule has 2 heterocycles. The molecule has 17 heavy (non-hydrogen) atoms. The predicted octanol–water partition coefficient (Wildman–Crippen LogP) is 1.22. The molecule has 6 heteroatoms. The molecule has 0 bridgehead atoms. The molecule has 1 aliphatic rings. The summed E-state index contributed by atoms with van der Waals surface area (Å²) in [5.41, 5.74) is -0.346. The van der Waals surface area contributed by atoms with Crippen LogP contribution in [-0.2, 0) is 11.3 Å². The third kappa shape index (κ3) is 3.12. The highest BCUT2D eigenvalue weighted by Crippen LogP contribution is 2.27. The summed E-state index contributed by atoms with van der Waals surface area (Å²) < 4.78 is 0. The minimum atomic E-state index is -1.20. The number of thioether (sulfide) groups is 1. The summed E-state index contributed by atoms with van der Waals surface area (Å²) in [7, 11) is 0. The van der Waals surface area contributed by atoms with E-state index in [1.54, 1.807) is 30.1 Å². The molecule has 0 aliphatic carbocycles. The van der Waals surface area contributed by atoms with Gasteiger partial charge < -0.3 is 10.4 Å². The Hall–Kier alpha value is -0.780. The van der Waals surface area contributed by atoms with Gasteiger partial charge in [0.25, 0.3) is 5.91 Å². The van der Waals surface area contributed by atoms with E-state index in [0.717, 1.165) is 11.3 Å². The van der Waals surface area contributed by atoms with Crippen molar-refractivity contribution in [1.29, 1.82) is 0 Å². The normalized spacial score (nSPS) is 23.6. The Morgan fingerprint density at radius 2 is 2.47 bits per heavy atom. The molecular formula is C11H13ClN2O2S. The van der Waals surface area contributed by atoms with Crippen molar-refractivity contribution in [1.82, 2.24) is 10.3 Å². The number of carbonyl (C=O) groups is 1. The summed E-state index contributed by atoms with van der Waals surface area (Å²) in [6, 6.07) is 3.46. The Kier molecular flexibility index (Phi) is 3.91. The van der Waals surface area contributed by atoms with Gasteiger partial charge in [-0.15, -0.1) is 0 Å². The first-order valence-corrected chi connectivity index (χ1v) is 6.82. The topological polar surface area (TPSA) is 62.2 Å². The third-order valence-electron chi connectivity index (χ3n) is 2.67. The summed E-state index contributed by atoms with van der Waals surface area (Å²) in [6.07, 6.45) is 2.12. The molecule has 1 aliphatic heterocycles. The molecule has 4 nitrogen and oxygen atoms in total. The van der Waals surface area contributed by atoms with Crippen LogP contribution in [0.4, 0.5) is 0 Å². The number of nitrogens with one attached hydrogen (secondary N) is 1. The molecule has 92 valence electrons. The molecule has 1 fully saturated rings. The van der Waals surface area contributed by atoms with Crippen LogP contribution in [0.1, 0.15) is 12.0 Å². The van der Waals surface area contributed by atoms with Crippen molar-refractivity contribution in [3.8, 4) is 0 Å². The lowest BCUT2D eigenvalue weighted by molar-refractivity contribution is -0.137. The lowest BCUT2D eigenvalue weighted by Crippen LogP contribution is -2.46. The number of nitrogens with zero attached hydrogens (tertiary/aromatic N) is 1. The van der Waals surface area contributed by atoms with Crippen molar-refractivity contribution < 1.29 is 9.90 Å². The zero-order chi connectivity index (χ0) is 12.3. The molecular weight excluding hydrogens is 260 g/mol. The van der Waals surface area contributed by atoms with E-state index in [1.165, 1.54) is 0 Å². The maximum atomic E-state index is 11.8. The number of carbonyl (C=O) groups excluding carboxylic acids is 1. The lowest BCUT2D eigenvalue weighted by Gasteiger charge is -2.20. The minimum absolute atomic E-state index is 0.308. The van der Waals surface area contributed by atoms with Gasteiger partial charge in [-0.1, -0.05) is 17.7 Å². The smallest absolute Gasteiger partial charge is 0.253 e. The number of amides is 1. The average molecular weight is 273 g/mol. The fraction of sp³-hybridized carbons (Fsp3) is 0.455. The van der Waals surface area contributed by atoms with Crippen molar-refractivity contribution in [2.24, 2.45) is 0 Å². The fourth-order valence-electron chi connectivity index (χ4n) is 1.59.